The average molecular weight is 441 g/mol. The van der Waals surface area contributed by atoms with E-state index in [0.717, 1.165) is 0 Å². The van der Waals surface area contributed by atoms with Crippen molar-refractivity contribution >= 4 is 21.1 Å². The van der Waals surface area contributed by atoms with Crippen molar-refractivity contribution in [3.63, 3.8) is 0 Å². The predicted octanol–water partition coefficient (Wildman–Crippen LogP) is 4.47. The van der Waals surface area contributed by atoms with Crippen LogP contribution in [0.15, 0.2) is 0 Å². The number of amides is 1. The molecular formula is C22H40N2O5Si. The van der Waals surface area contributed by atoms with E-state index >= 15 is 0 Å². The van der Waals surface area contributed by atoms with E-state index in [-0.39, 0.29) is 36.8 Å². The lowest BCUT2D eigenvalue weighted by Gasteiger charge is -2.45. The molecule has 8 heteroatoms. The highest BCUT2D eigenvalue weighted by Gasteiger charge is 2.57. The lowest BCUT2D eigenvalue weighted by Crippen LogP contribution is -2.57. The number of carbonyl (C=O) groups is 2. The SMILES string of the molecule is CCOC(=O)CC(CC#N)[C@@]1(O[SiH](C)C)C[C@H](C(C)(C)C)CN1C(=O)OC(C)(C)C. The summed E-state index contributed by atoms with van der Waals surface area (Å²) in [5.74, 6) is -0.730. The molecule has 1 aliphatic heterocycles. The summed E-state index contributed by atoms with van der Waals surface area (Å²) >= 11 is 0. The molecule has 0 spiro atoms. The third-order valence-corrected chi connectivity index (χ3v) is 6.25. The molecule has 0 radical (unpaired) electrons. The molecule has 1 unspecified atom stereocenters. The van der Waals surface area contributed by atoms with Gasteiger partial charge in [-0.05, 0) is 58.5 Å². The Kier molecular flexibility index (Phi) is 8.94. The summed E-state index contributed by atoms with van der Waals surface area (Å²) < 4.78 is 17.5. The fourth-order valence-electron chi connectivity index (χ4n) is 3.95. The van der Waals surface area contributed by atoms with Gasteiger partial charge in [-0.3, -0.25) is 9.69 Å². The maximum atomic E-state index is 13.3. The maximum absolute atomic E-state index is 13.3. The van der Waals surface area contributed by atoms with E-state index in [0.29, 0.717) is 13.0 Å². The molecular weight excluding hydrogens is 400 g/mol. The molecule has 3 atom stereocenters. The molecule has 1 saturated heterocycles. The Labute approximate surface area is 183 Å². The van der Waals surface area contributed by atoms with Gasteiger partial charge in [-0.2, -0.15) is 5.26 Å². The van der Waals surface area contributed by atoms with Crippen LogP contribution in [0.25, 0.3) is 0 Å². The van der Waals surface area contributed by atoms with Crippen molar-refractivity contribution in [2.45, 2.75) is 92.1 Å². The predicted molar refractivity (Wildman–Crippen MR) is 118 cm³/mol. The van der Waals surface area contributed by atoms with Crippen LogP contribution >= 0.6 is 0 Å². The van der Waals surface area contributed by atoms with Crippen LogP contribution in [0.3, 0.4) is 0 Å². The monoisotopic (exact) mass is 440 g/mol. The molecule has 0 N–H and O–H groups in total. The smallest absolute Gasteiger partial charge is 0.412 e. The van der Waals surface area contributed by atoms with Crippen molar-refractivity contribution in [1.82, 2.24) is 4.90 Å². The number of nitrogens with zero attached hydrogens (tertiary/aromatic N) is 2. The van der Waals surface area contributed by atoms with Gasteiger partial charge in [0.2, 0.25) is 0 Å². The largest absolute Gasteiger partial charge is 0.466 e. The van der Waals surface area contributed by atoms with Crippen molar-refractivity contribution in [2.75, 3.05) is 13.2 Å². The van der Waals surface area contributed by atoms with Crippen molar-refractivity contribution in [3.8, 4) is 6.07 Å². The maximum Gasteiger partial charge on any atom is 0.412 e. The highest BCUT2D eigenvalue weighted by atomic mass is 28.3. The van der Waals surface area contributed by atoms with Crippen LogP contribution in [0.1, 0.15) is 67.7 Å². The number of likely N-dealkylation sites (tertiary alicyclic amines) is 1. The van der Waals surface area contributed by atoms with Crippen molar-refractivity contribution in [1.29, 1.82) is 5.26 Å². The van der Waals surface area contributed by atoms with Crippen molar-refractivity contribution in [2.24, 2.45) is 17.3 Å². The van der Waals surface area contributed by atoms with Crippen LogP contribution in [-0.2, 0) is 18.7 Å². The van der Waals surface area contributed by atoms with Gasteiger partial charge < -0.3 is 13.9 Å². The van der Waals surface area contributed by atoms with Crippen LogP contribution in [0.5, 0.6) is 0 Å². The molecule has 0 saturated carbocycles. The first-order valence-electron chi connectivity index (χ1n) is 10.9. The Bertz CT molecular complexity index is 647. The van der Waals surface area contributed by atoms with Gasteiger partial charge in [0.25, 0.3) is 0 Å². The minimum atomic E-state index is -1.66. The lowest BCUT2D eigenvalue weighted by molar-refractivity contribution is -0.152. The first-order chi connectivity index (χ1) is 13.7. The van der Waals surface area contributed by atoms with E-state index in [1.54, 1.807) is 11.8 Å². The number of nitriles is 1. The third kappa shape index (κ3) is 6.98. The molecule has 1 amide bonds. The van der Waals surface area contributed by atoms with Gasteiger partial charge >= 0.3 is 12.1 Å². The second-order valence-corrected chi connectivity index (χ2v) is 12.8. The van der Waals surface area contributed by atoms with E-state index in [1.165, 1.54) is 0 Å². The molecule has 7 nitrogen and oxygen atoms in total. The molecule has 1 aliphatic rings. The molecule has 0 aromatic rings. The quantitative estimate of drug-likeness (QED) is 0.429. The Morgan fingerprint density at radius 1 is 1.23 bits per heavy atom. The zero-order valence-corrected chi connectivity index (χ0v) is 21.4. The van der Waals surface area contributed by atoms with Gasteiger partial charge in [0, 0.05) is 18.9 Å². The number of hydrogen-bond acceptors (Lipinski definition) is 6. The summed E-state index contributed by atoms with van der Waals surface area (Å²) in [5, 5.41) is 9.54. The fraction of sp³-hybridized carbons (Fsp3) is 0.864. The summed E-state index contributed by atoms with van der Waals surface area (Å²) in [7, 11) is -1.66. The number of ether oxygens (including phenoxy) is 2. The Hall–Kier alpha value is -1.59. The van der Waals surface area contributed by atoms with Gasteiger partial charge in [-0.25, -0.2) is 4.79 Å². The third-order valence-electron chi connectivity index (χ3n) is 5.37. The van der Waals surface area contributed by atoms with Crippen LogP contribution < -0.4 is 0 Å². The van der Waals surface area contributed by atoms with E-state index in [4.69, 9.17) is 13.9 Å². The molecule has 1 heterocycles. The Morgan fingerprint density at radius 3 is 2.27 bits per heavy atom. The lowest BCUT2D eigenvalue weighted by atomic mass is 9.76. The molecule has 1 fully saturated rings. The highest BCUT2D eigenvalue weighted by molar-refractivity contribution is 6.48. The zero-order valence-electron chi connectivity index (χ0n) is 20.2. The van der Waals surface area contributed by atoms with Crippen molar-refractivity contribution < 1.29 is 23.5 Å². The minimum Gasteiger partial charge on any atom is -0.466 e. The first-order valence-corrected chi connectivity index (χ1v) is 13.6. The van der Waals surface area contributed by atoms with Crippen molar-refractivity contribution in [3.05, 3.63) is 0 Å². The summed E-state index contributed by atoms with van der Waals surface area (Å²) in [4.78, 5) is 27.3. The van der Waals surface area contributed by atoms with Crippen LogP contribution in [0.4, 0.5) is 4.79 Å². The number of carbonyl (C=O) groups excluding carboxylic acids is 2. The summed E-state index contributed by atoms with van der Waals surface area (Å²) in [6, 6.07) is 2.20. The summed E-state index contributed by atoms with van der Waals surface area (Å²) in [5.41, 5.74) is -1.79. The molecule has 30 heavy (non-hydrogen) atoms. The van der Waals surface area contributed by atoms with Crippen LogP contribution in [0.2, 0.25) is 13.1 Å². The molecule has 172 valence electrons. The Morgan fingerprint density at radius 2 is 1.83 bits per heavy atom. The average Bonchev–Trinajstić information content (AvgIpc) is 2.93. The molecule has 1 rings (SSSR count). The van der Waals surface area contributed by atoms with E-state index in [1.807, 2.05) is 33.9 Å². The number of rotatable bonds is 7. The molecule has 0 aromatic carbocycles. The van der Waals surface area contributed by atoms with E-state index in [2.05, 4.69) is 26.8 Å². The minimum absolute atomic E-state index is 0.0265. The standard InChI is InChI=1S/C22H40N2O5Si/c1-10-27-18(25)13-16(11-12-23)22(29-30(8)9)14-17(20(2,3)4)15-24(22)19(26)28-21(5,6)7/h16-17,30H,10-11,13-15H2,1-9H3/t16?,17-,22-/m0/s1. The second-order valence-electron chi connectivity index (χ2n) is 10.4. The zero-order chi connectivity index (χ0) is 23.3. The fourth-order valence-corrected chi connectivity index (χ4v) is 5.19. The van der Waals surface area contributed by atoms with E-state index in [9.17, 15) is 14.9 Å². The van der Waals surface area contributed by atoms with Gasteiger partial charge in [0.1, 0.15) is 11.3 Å². The van der Waals surface area contributed by atoms with Gasteiger partial charge in [0.15, 0.2) is 9.04 Å². The summed E-state index contributed by atoms with van der Waals surface area (Å²) in [6.07, 6.45) is 0.220. The van der Waals surface area contributed by atoms with Gasteiger partial charge in [-0.15, -0.1) is 0 Å². The first kappa shape index (κ1) is 26.4. The Balaban J connectivity index is 3.51. The number of hydrogen-bond donors (Lipinski definition) is 0. The topological polar surface area (TPSA) is 88.9 Å². The molecule has 0 aliphatic carbocycles. The van der Waals surface area contributed by atoms with Gasteiger partial charge in [0.05, 0.1) is 19.1 Å². The second kappa shape index (κ2) is 10.1. The normalized spacial score (nSPS) is 23.2. The molecule has 0 aromatic heterocycles. The summed E-state index contributed by atoms with van der Waals surface area (Å²) in [6.45, 7) is 18.4. The van der Waals surface area contributed by atoms with Crippen LogP contribution in [-0.4, -0.2) is 50.5 Å². The van der Waals surface area contributed by atoms with Crippen LogP contribution in [0, 0.1) is 28.6 Å². The molecule has 0 bridgehead atoms. The highest BCUT2D eigenvalue weighted by Crippen LogP contribution is 2.49. The van der Waals surface area contributed by atoms with E-state index < -0.39 is 32.4 Å². The number of esters is 1. The van der Waals surface area contributed by atoms with Gasteiger partial charge in [-0.1, -0.05) is 20.8 Å².